The van der Waals surface area contributed by atoms with Crippen LogP contribution in [0.5, 0.6) is 5.75 Å². The standard InChI is InChI=1S/C15H23N2O4P/c1-4-17(11(2)3)8-7-12-10-16-15-6-5-13(9-14(12)15)21-22(18,19)20/h5-6,9-11,16H,4,7-8H2,1-3H3,(H2,18,19,20). The number of aromatic amines is 1. The molecule has 0 radical (unpaired) electrons. The number of hydrogen-bond acceptors (Lipinski definition) is 3. The van der Waals surface area contributed by atoms with Crippen LogP contribution in [0.3, 0.4) is 0 Å². The number of H-pyrrole nitrogens is 1. The van der Waals surface area contributed by atoms with Gasteiger partial charge in [-0.25, -0.2) is 4.57 Å². The number of nitrogens with one attached hydrogen (secondary N) is 1. The lowest BCUT2D eigenvalue weighted by Gasteiger charge is -2.24. The largest absolute Gasteiger partial charge is 0.524 e. The van der Waals surface area contributed by atoms with E-state index in [2.05, 4.69) is 35.2 Å². The normalized spacial score (nSPS) is 12.5. The van der Waals surface area contributed by atoms with E-state index in [-0.39, 0.29) is 5.75 Å². The van der Waals surface area contributed by atoms with Crippen molar-refractivity contribution in [3.63, 3.8) is 0 Å². The molecule has 0 aliphatic heterocycles. The van der Waals surface area contributed by atoms with Gasteiger partial charge in [0, 0.05) is 29.7 Å². The summed E-state index contributed by atoms with van der Waals surface area (Å²) in [7, 11) is -4.53. The van der Waals surface area contributed by atoms with Crippen LogP contribution in [0.15, 0.2) is 24.4 Å². The molecule has 0 saturated carbocycles. The Labute approximate surface area is 130 Å². The number of phosphoric acid groups is 1. The molecular weight excluding hydrogens is 303 g/mol. The summed E-state index contributed by atoms with van der Waals surface area (Å²) >= 11 is 0. The van der Waals surface area contributed by atoms with Gasteiger partial charge in [-0.2, -0.15) is 0 Å². The zero-order valence-corrected chi connectivity index (χ0v) is 14.0. The molecule has 122 valence electrons. The molecule has 2 aromatic rings. The van der Waals surface area contributed by atoms with Crippen molar-refractivity contribution < 1.29 is 18.9 Å². The summed E-state index contributed by atoms with van der Waals surface area (Å²) in [6, 6.07) is 5.48. The Kier molecular flexibility index (Phi) is 5.29. The van der Waals surface area contributed by atoms with Gasteiger partial charge in [-0.3, -0.25) is 9.79 Å². The van der Waals surface area contributed by atoms with E-state index in [9.17, 15) is 4.57 Å². The maximum absolute atomic E-state index is 10.9. The number of benzene rings is 1. The molecule has 0 amide bonds. The molecule has 0 spiro atoms. The first-order chi connectivity index (χ1) is 10.3. The van der Waals surface area contributed by atoms with E-state index < -0.39 is 7.82 Å². The third-order valence-electron chi connectivity index (χ3n) is 3.77. The summed E-state index contributed by atoms with van der Waals surface area (Å²) in [6.07, 6.45) is 2.81. The van der Waals surface area contributed by atoms with Crippen LogP contribution in [0.4, 0.5) is 0 Å². The minimum absolute atomic E-state index is 0.179. The van der Waals surface area contributed by atoms with Crippen molar-refractivity contribution in [3.05, 3.63) is 30.0 Å². The first-order valence-corrected chi connectivity index (χ1v) is 8.92. The quantitative estimate of drug-likeness (QED) is 0.681. The highest BCUT2D eigenvalue weighted by atomic mass is 31.2. The predicted molar refractivity (Wildman–Crippen MR) is 87.1 cm³/mol. The number of phosphoric ester groups is 1. The summed E-state index contributed by atoms with van der Waals surface area (Å²) in [5, 5.41) is 0.936. The van der Waals surface area contributed by atoms with Gasteiger partial charge in [-0.15, -0.1) is 0 Å². The average Bonchev–Trinajstić information content (AvgIpc) is 2.80. The van der Waals surface area contributed by atoms with Crippen LogP contribution in [0.25, 0.3) is 10.9 Å². The molecule has 3 N–H and O–H groups in total. The average molecular weight is 326 g/mol. The fourth-order valence-corrected chi connectivity index (χ4v) is 2.99. The molecule has 0 unspecified atom stereocenters. The number of rotatable bonds is 7. The van der Waals surface area contributed by atoms with Gasteiger partial charge in [0.2, 0.25) is 0 Å². The lowest BCUT2D eigenvalue weighted by atomic mass is 10.1. The van der Waals surface area contributed by atoms with Gasteiger partial charge in [-0.1, -0.05) is 6.92 Å². The van der Waals surface area contributed by atoms with Gasteiger partial charge < -0.3 is 14.4 Å². The van der Waals surface area contributed by atoms with Crippen LogP contribution in [0, 0.1) is 0 Å². The molecule has 0 fully saturated rings. The molecular formula is C15H23N2O4P. The minimum Gasteiger partial charge on any atom is -0.404 e. The van der Waals surface area contributed by atoms with Gasteiger partial charge in [0.1, 0.15) is 5.75 Å². The first-order valence-electron chi connectivity index (χ1n) is 7.39. The Hall–Kier alpha value is -1.33. The minimum atomic E-state index is -4.53. The number of nitrogens with zero attached hydrogens (tertiary/aromatic N) is 1. The van der Waals surface area contributed by atoms with Crippen molar-refractivity contribution in [2.75, 3.05) is 13.1 Å². The highest BCUT2D eigenvalue weighted by molar-refractivity contribution is 7.46. The molecule has 22 heavy (non-hydrogen) atoms. The third kappa shape index (κ3) is 4.34. The van der Waals surface area contributed by atoms with Crippen molar-refractivity contribution in [3.8, 4) is 5.75 Å². The fraction of sp³-hybridized carbons (Fsp3) is 0.467. The highest BCUT2D eigenvalue weighted by Crippen LogP contribution is 2.38. The lowest BCUT2D eigenvalue weighted by Crippen LogP contribution is -2.32. The molecule has 1 aromatic heterocycles. The molecule has 1 aromatic carbocycles. The summed E-state index contributed by atoms with van der Waals surface area (Å²) in [5.74, 6) is 0.179. The van der Waals surface area contributed by atoms with E-state index in [1.165, 1.54) is 0 Å². The Morgan fingerprint density at radius 2 is 2.09 bits per heavy atom. The van der Waals surface area contributed by atoms with Crippen LogP contribution in [-0.2, 0) is 11.0 Å². The molecule has 6 nitrogen and oxygen atoms in total. The zero-order valence-electron chi connectivity index (χ0n) is 13.1. The Balaban J connectivity index is 2.20. The van der Waals surface area contributed by atoms with Crippen LogP contribution in [0.2, 0.25) is 0 Å². The lowest BCUT2D eigenvalue weighted by molar-refractivity contribution is 0.237. The Morgan fingerprint density at radius 3 is 2.68 bits per heavy atom. The molecule has 0 aliphatic rings. The smallest absolute Gasteiger partial charge is 0.404 e. The monoisotopic (exact) mass is 326 g/mol. The first kappa shape index (κ1) is 17.0. The maximum atomic E-state index is 10.9. The van der Waals surface area contributed by atoms with Gasteiger partial charge in [-0.05, 0) is 50.6 Å². The molecule has 0 bridgehead atoms. The molecule has 0 aliphatic carbocycles. The van der Waals surface area contributed by atoms with E-state index in [4.69, 9.17) is 9.79 Å². The fourth-order valence-electron chi connectivity index (χ4n) is 2.60. The maximum Gasteiger partial charge on any atom is 0.524 e. The summed E-state index contributed by atoms with van der Waals surface area (Å²) in [5.41, 5.74) is 2.05. The van der Waals surface area contributed by atoms with Gasteiger partial charge in [0.15, 0.2) is 0 Å². The van der Waals surface area contributed by atoms with Crippen molar-refractivity contribution in [1.82, 2.24) is 9.88 Å². The number of fused-ring (bicyclic) bond motifs is 1. The van der Waals surface area contributed by atoms with E-state index in [0.717, 1.165) is 36.0 Å². The summed E-state index contributed by atoms with van der Waals surface area (Å²) < 4.78 is 15.6. The highest BCUT2D eigenvalue weighted by Gasteiger charge is 2.17. The van der Waals surface area contributed by atoms with E-state index in [1.54, 1.807) is 18.2 Å². The number of aromatic nitrogens is 1. The number of hydrogen-bond donors (Lipinski definition) is 3. The van der Waals surface area contributed by atoms with Gasteiger partial charge in [0.05, 0.1) is 0 Å². The molecule has 7 heteroatoms. The molecule has 0 saturated heterocycles. The number of likely N-dealkylation sites (N-methyl/N-ethyl adjacent to an activating group) is 1. The molecule has 1 heterocycles. The van der Waals surface area contributed by atoms with Crippen LogP contribution >= 0.6 is 7.82 Å². The van der Waals surface area contributed by atoms with Crippen LogP contribution in [-0.4, -0.2) is 38.8 Å². The molecule has 0 atom stereocenters. The Bertz CT molecular complexity index is 677. The SMILES string of the molecule is CCN(CCc1c[nH]c2ccc(OP(=O)(O)O)cc12)C(C)C. The van der Waals surface area contributed by atoms with Crippen molar-refractivity contribution in [1.29, 1.82) is 0 Å². The second-order valence-electron chi connectivity index (χ2n) is 5.58. The summed E-state index contributed by atoms with van der Waals surface area (Å²) in [6.45, 7) is 8.41. The predicted octanol–water partition coefficient (Wildman–Crippen LogP) is 2.91. The topological polar surface area (TPSA) is 85.8 Å². The summed E-state index contributed by atoms with van der Waals surface area (Å²) in [4.78, 5) is 23.4. The second-order valence-corrected chi connectivity index (χ2v) is 6.74. The van der Waals surface area contributed by atoms with E-state index >= 15 is 0 Å². The van der Waals surface area contributed by atoms with Crippen molar-refractivity contribution >= 4 is 18.7 Å². The van der Waals surface area contributed by atoms with Crippen molar-refractivity contribution in [2.24, 2.45) is 0 Å². The molecule has 2 rings (SSSR count). The van der Waals surface area contributed by atoms with E-state index in [0.29, 0.717) is 6.04 Å². The zero-order chi connectivity index (χ0) is 16.3. The van der Waals surface area contributed by atoms with Gasteiger partial charge >= 0.3 is 7.82 Å². The van der Waals surface area contributed by atoms with Crippen LogP contribution < -0.4 is 4.52 Å². The van der Waals surface area contributed by atoms with Crippen molar-refractivity contribution in [2.45, 2.75) is 33.2 Å². The Morgan fingerprint density at radius 1 is 1.36 bits per heavy atom. The third-order valence-corrected chi connectivity index (χ3v) is 4.22. The second kappa shape index (κ2) is 6.84. The van der Waals surface area contributed by atoms with E-state index in [1.807, 2.05) is 6.20 Å². The van der Waals surface area contributed by atoms with Crippen LogP contribution in [0.1, 0.15) is 26.3 Å². The van der Waals surface area contributed by atoms with Gasteiger partial charge in [0.25, 0.3) is 0 Å².